The molecule has 23 heavy (non-hydrogen) atoms. The summed E-state index contributed by atoms with van der Waals surface area (Å²) in [6.07, 6.45) is -0.00588. The number of nitrogens with two attached hydrogens (primary N) is 1. The minimum atomic E-state index is -0.582. The monoisotopic (exact) mass is 333 g/mol. The van der Waals surface area contributed by atoms with Crippen molar-refractivity contribution in [2.75, 3.05) is 0 Å². The van der Waals surface area contributed by atoms with Crippen LogP contribution in [0, 0.1) is 34.6 Å². The number of hydrogen-bond acceptors (Lipinski definition) is 2. The first-order chi connectivity index (χ1) is 10.3. The summed E-state index contributed by atoms with van der Waals surface area (Å²) in [5, 5.41) is 10.6. The first-order valence-corrected chi connectivity index (χ1v) is 7.89. The van der Waals surface area contributed by atoms with Gasteiger partial charge in [0.15, 0.2) is 0 Å². The van der Waals surface area contributed by atoms with Crippen molar-refractivity contribution in [2.24, 2.45) is 5.73 Å². The largest absolute Gasteiger partial charge is 0.391 e. The molecule has 0 aliphatic carbocycles. The third-order valence-electron chi connectivity index (χ3n) is 5.09. The van der Waals surface area contributed by atoms with Gasteiger partial charge in [-0.1, -0.05) is 30.3 Å². The van der Waals surface area contributed by atoms with Gasteiger partial charge in [-0.15, -0.1) is 12.4 Å². The quantitative estimate of drug-likeness (QED) is 0.878. The summed E-state index contributed by atoms with van der Waals surface area (Å²) in [5.41, 5.74) is 14.9. The van der Waals surface area contributed by atoms with E-state index in [0.717, 1.165) is 11.1 Å². The van der Waals surface area contributed by atoms with Gasteiger partial charge in [-0.25, -0.2) is 0 Å². The molecule has 0 saturated carbocycles. The van der Waals surface area contributed by atoms with E-state index in [0.29, 0.717) is 6.42 Å². The van der Waals surface area contributed by atoms with E-state index < -0.39 is 6.10 Å². The summed E-state index contributed by atoms with van der Waals surface area (Å²) in [7, 11) is 0. The highest BCUT2D eigenvalue weighted by molar-refractivity contribution is 5.85. The summed E-state index contributed by atoms with van der Waals surface area (Å²) in [6.45, 7) is 10.6. The second kappa shape index (κ2) is 7.96. The lowest BCUT2D eigenvalue weighted by Crippen LogP contribution is -2.30. The molecule has 0 aromatic heterocycles. The maximum Gasteiger partial charge on any atom is 0.0773 e. The van der Waals surface area contributed by atoms with Crippen LogP contribution in [0.15, 0.2) is 30.3 Å². The molecule has 2 aromatic rings. The van der Waals surface area contributed by atoms with Crippen molar-refractivity contribution >= 4 is 12.4 Å². The van der Waals surface area contributed by atoms with Gasteiger partial charge in [0.05, 0.1) is 12.1 Å². The van der Waals surface area contributed by atoms with Crippen molar-refractivity contribution in [1.29, 1.82) is 0 Å². The first kappa shape index (κ1) is 19.7. The highest BCUT2D eigenvalue weighted by Gasteiger charge is 2.23. The van der Waals surface area contributed by atoms with Crippen molar-refractivity contribution in [3.63, 3.8) is 0 Å². The topological polar surface area (TPSA) is 46.2 Å². The zero-order valence-electron chi connectivity index (χ0n) is 14.7. The Morgan fingerprint density at radius 2 is 1.26 bits per heavy atom. The standard InChI is InChI=1S/C20H27NO.ClH/c1-12-13(2)15(4)19(16(5)14(12)3)20(21)18(22)11-17-9-7-6-8-10-17;/h6-10,18,20,22H,11,21H2,1-5H3;1H/t18-,20-;/m1./s1. The van der Waals surface area contributed by atoms with Crippen molar-refractivity contribution in [1.82, 2.24) is 0 Å². The van der Waals surface area contributed by atoms with Crippen molar-refractivity contribution in [2.45, 2.75) is 53.2 Å². The van der Waals surface area contributed by atoms with Crippen LogP contribution in [0.5, 0.6) is 0 Å². The second-order valence-electron chi connectivity index (χ2n) is 6.32. The summed E-state index contributed by atoms with van der Waals surface area (Å²) in [4.78, 5) is 0. The maximum atomic E-state index is 10.6. The smallest absolute Gasteiger partial charge is 0.0773 e. The number of hydrogen-bond donors (Lipinski definition) is 2. The fraction of sp³-hybridized carbons (Fsp3) is 0.400. The van der Waals surface area contributed by atoms with Crippen molar-refractivity contribution < 1.29 is 5.11 Å². The van der Waals surface area contributed by atoms with Gasteiger partial charge in [0, 0.05) is 6.42 Å². The fourth-order valence-electron chi connectivity index (χ4n) is 3.20. The van der Waals surface area contributed by atoms with E-state index in [2.05, 4.69) is 34.6 Å². The van der Waals surface area contributed by atoms with Gasteiger partial charge in [0.25, 0.3) is 0 Å². The average Bonchev–Trinajstić information content (AvgIpc) is 2.52. The minimum absolute atomic E-state index is 0. The molecule has 3 heteroatoms. The van der Waals surface area contributed by atoms with Gasteiger partial charge >= 0.3 is 0 Å². The summed E-state index contributed by atoms with van der Waals surface area (Å²) in [5.74, 6) is 0. The molecular weight excluding hydrogens is 306 g/mol. The number of rotatable bonds is 4. The van der Waals surface area contributed by atoms with E-state index in [1.165, 1.54) is 27.8 Å². The lowest BCUT2D eigenvalue weighted by Gasteiger charge is -2.26. The van der Waals surface area contributed by atoms with Gasteiger partial charge < -0.3 is 10.8 Å². The lowest BCUT2D eigenvalue weighted by atomic mass is 9.84. The molecule has 2 aromatic carbocycles. The molecule has 2 atom stereocenters. The second-order valence-corrected chi connectivity index (χ2v) is 6.32. The summed E-state index contributed by atoms with van der Waals surface area (Å²) < 4.78 is 0. The van der Waals surface area contributed by atoms with Crippen LogP contribution in [0.1, 0.15) is 45.0 Å². The molecule has 0 heterocycles. The van der Waals surface area contributed by atoms with Crippen LogP contribution in [0.2, 0.25) is 0 Å². The third kappa shape index (κ3) is 3.95. The first-order valence-electron chi connectivity index (χ1n) is 7.89. The molecule has 0 radical (unpaired) electrons. The summed E-state index contributed by atoms with van der Waals surface area (Å²) >= 11 is 0. The summed E-state index contributed by atoms with van der Waals surface area (Å²) in [6, 6.07) is 9.66. The van der Waals surface area contributed by atoms with Crippen LogP contribution in [0.4, 0.5) is 0 Å². The SMILES string of the molecule is Cc1c(C)c(C)c([C@H](N)[C@H](O)Cc2ccccc2)c(C)c1C.Cl. The van der Waals surface area contributed by atoms with Gasteiger partial charge in [-0.05, 0) is 73.6 Å². The predicted molar refractivity (Wildman–Crippen MR) is 100 cm³/mol. The zero-order valence-corrected chi connectivity index (χ0v) is 15.5. The molecule has 3 N–H and O–H groups in total. The number of benzene rings is 2. The normalized spacial score (nSPS) is 13.3. The average molecular weight is 334 g/mol. The number of halogens is 1. The van der Waals surface area contributed by atoms with Crippen LogP contribution < -0.4 is 5.73 Å². The molecule has 0 fully saturated rings. The van der Waals surface area contributed by atoms with Gasteiger partial charge in [-0.3, -0.25) is 0 Å². The minimum Gasteiger partial charge on any atom is -0.391 e. The van der Waals surface area contributed by atoms with Crippen LogP contribution in [0.3, 0.4) is 0 Å². The molecule has 126 valence electrons. The molecule has 0 aliphatic heterocycles. The molecule has 0 saturated heterocycles. The molecule has 0 amide bonds. The van der Waals surface area contributed by atoms with E-state index >= 15 is 0 Å². The third-order valence-corrected chi connectivity index (χ3v) is 5.09. The Kier molecular flexibility index (Phi) is 6.82. The molecule has 0 spiro atoms. The van der Waals surface area contributed by atoms with Gasteiger partial charge in [0.2, 0.25) is 0 Å². The Morgan fingerprint density at radius 3 is 1.74 bits per heavy atom. The molecule has 0 unspecified atom stereocenters. The highest BCUT2D eigenvalue weighted by Crippen LogP contribution is 2.31. The molecule has 2 rings (SSSR count). The fourth-order valence-corrected chi connectivity index (χ4v) is 3.20. The molecule has 0 aliphatic rings. The number of aliphatic hydroxyl groups is 1. The Balaban J connectivity index is 0.00000264. The Hall–Kier alpha value is -1.35. The number of aliphatic hydroxyl groups excluding tert-OH is 1. The van der Waals surface area contributed by atoms with Crippen molar-refractivity contribution in [3.05, 3.63) is 69.3 Å². The highest BCUT2D eigenvalue weighted by atomic mass is 35.5. The van der Waals surface area contributed by atoms with Gasteiger partial charge in [-0.2, -0.15) is 0 Å². The Labute approximate surface area is 146 Å². The Bertz CT molecular complexity index is 638. The van der Waals surface area contributed by atoms with E-state index in [-0.39, 0.29) is 18.4 Å². The van der Waals surface area contributed by atoms with E-state index in [1.54, 1.807) is 0 Å². The van der Waals surface area contributed by atoms with E-state index in [4.69, 9.17) is 5.73 Å². The molecule has 2 nitrogen and oxygen atoms in total. The van der Waals surface area contributed by atoms with Crippen molar-refractivity contribution in [3.8, 4) is 0 Å². The van der Waals surface area contributed by atoms with E-state index in [9.17, 15) is 5.11 Å². The van der Waals surface area contributed by atoms with E-state index in [1.807, 2.05) is 30.3 Å². The molecular formula is C20H28ClNO. The lowest BCUT2D eigenvalue weighted by molar-refractivity contribution is 0.144. The molecule has 0 bridgehead atoms. The predicted octanol–water partition coefficient (Wildman–Crippen LogP) is 4.25. The zero-order chi connectivity index (χ0) is 16.4. The van der Waals surface area contributed by atoms with Crippen LogP contribution in [0.25, 0.3) is 0 Å². The Morgan fingerprint density at radius 1 is 0.826 bits per heavy atom. The van der Waals surface area contributed by atoms with Gasteiger partial charge in [0.1, 0.15) is 0 Å². The van der Waals surface area contributed by atoms with Crippen LogP contribution in [-0.2, 0) is 6.42 Å². The van der Waals surface area contributed by atoms with Crippen LogP contribution >= 0.6 is 12.4 Å². The maximum absolute atomic E-state index is 10.6. The van der Waals surface area contributed by atoms with Crippen LogP contribution in [-0.4, -0.2) is 11.2 Å².